The fourth-order valence-electron chi connectivity index (χ4n) is 2.36. The van der Waals surface area contributed by atoms with Crippen LogP contribution in [-0.2, 0) is 22.4 Å². The van der Waals surface area contributed by atoms with Crippen molar-refractivity contribution in [3.8, 4) is 10.6 Å². The lowest BCUT2D eigenvalue weighted by atomic mass is 10.1. The first-order valence-electron chi connectivity index (χ1n) is 8.09. The second-order valence-corrected chi connectivity index (χ2v) is 6.48. The van der Waals surface area contributed by atoms with Gasteiger partial charge in [0.2, 0.25) is 5.91 Å². The summed E-state index contributed by atoms with van der Waals surface area (Å²) in [4.78, 5) is 27.6. The lowest BCUT2D eigenvalue weighted by molar-refractivity contribution is -0.141. The smallest absolute Gasteiger partial charge is 0.326 e. The zero-order chi connectivity index (χ0) is 17.5. The number of carbonyl (C=O) groups is 2. The first-order valence-corrected chi connectivity index (χ1v) is 8.97. The molecule has 6 heteroatoms. The highest BCUT2D eigenvalue weighted by Gasteiger charge is 2.19. The maximum absolute atomic E-state index is 12.0. The Labute approximate surface area is 145 Å². The van der Waals surface area contributed by atoms with E-state index >= 15 is 0 Å². The van der Waals surface area contributed by atoms with Crippen molar-refractivity contribution in [3.63, 3.8) is 0 Å². The average molecular weight is 346 g/mol. The van der Waals surface area contributed by atoms with Crippen molar-refractivity contribution in [1.29, 1.82) is 0 Å². The molecule has 1 atom stereocenters. The summed E-state index contributed by atoms with van der Waals surface area (Å²) in [5, 5.41) is 14.4. The molecular weight excluding hydrogens is 324 g/mol. The van der Waals surface area contributed by atoms with Gasteiger partial charge in [-0.3, -0.25) is 4.79 Å². The van der Waals surface area contributed by atoms with E-state index in [2.05, 4.69) is 29.4 Å². The Morgan fingerprint density at radius 2 is 1.96 bits per heavy atom. The molecule has 1 heterocycles. The highest BCUT2D eigenvalue weighted by molar-refractivity contribution is 7.13. The fourth-order valence-corrected chi connectivity index (χ4v) is 3.19. The molecule has 1 aromatic carbocycles. The molecule has 0 saturated heterocycles. The van der Waals surface area contributed by atoms with Gasteiger partial charge >= 0.3 is 5.97 Å². The summed E-state index contributed by atoms with van der Waals surface area (Å²) < 4.78 is 0. The first kappa shape index (κ1) is 18.1. The molecule has 2 aromatic rings. The quantitative estimate of drug-likeness (QED) is 0.769. The molecule has 0 saturated carbocycles. The third kappa shape index (κ3) is 4.89. The number of carboxylic acid groups (broad SMARTS) is 1. The van der Waals surface area contributed by atoms with E-state index in [0.717, 1.165) is 17.0 Å². The number of aryl methyl sites for hydroxylation is 1. The second kappa shape index (κ2) is 8.59. The molecule has 0 bridgehead atoms. The van der Waals surface area contributed by atoms with Crippen LogP contribution in [-0.4, -0.2) is 28.0 Å². The number of rotatable bonds is 8. The van der Waals surface area contributed by atoms with Gasteiger partial charge in [0.05, 0.1) is 12.1 Å². The minimum atomic E-state index is -1.000. The van der Waals surface area contributed by atoms with E-state index in [0.29, 0.717) is 18.5 Å². The number of aromatic nitrogens is 1. The third-order valence-corrected chi connectivity index (χ3v) is 4.65. The first-order chi connectivity index (χ1) is 11.5. The number of hydrogen-bond donors (Lipinski definition) is 2. The van der Waals surface area contributed by atoms with Crippen LogP contribution in [0, 0.1) is 0 Å². The topological polar surface area (TPSA) is 79.3 Å². The van der Waals surface area contributed by atoms with Crippen LogP contribution in [0.5, 0.6) is 0 Å². The summed E-state index contributed by atoms with van der Waals surface area (Å²) in [5.41, 5.74) is 2.96. The molecule has 1 unspecified atom stereocenters. The molecule has 1 amide bonds. The Balaban J connectivity index is 1.99. The number of thiazole rings is 1. The van der Waals surface area contributed by atoms with Gasteiger partial charge in [-0.15, -0.1) is 11.3 Å². The predicted molar refractivity (Wildman–Crippen MR) is 95.1 cm³/mol. The van der Waals surface area contributed by atoms with Crippen molar-refractivity contribution in [2.45, 2.75) is 45.6 Å². The molecule has 0 aliphatic carbocycles. The number of aliphatic carboxylic acids is 1. The van der Waals surface area contributed by atoms with E-state index in [9.17, 15) is 9.59 Å². The van der Waals surface area contributed by atoms with Gasteiger partial charge in [-0.05, 0) is 18.4 Å². The van der Waals surface area contributed by atoms with Crippen LogP contribution >= 0.6 is 11.3 Å². The van der Waals surface area contributed by atoms with Crippen LogP contribution in [0.1, 0.15) is 37.9 Å². The molecule has 2 rings (SSSR count). The van der Waals surface area contributed by atoms with Gasteiger partial charge in [0.15, 0.2) is 0 Å². The van der Waals surface area contributed by atoms with E-state index in [-0.39, 0.29) is 12.3 Å². The normalized spacial score (nSPS) is 11.9. The van der Waals surface area contributed by atoms with Crippen molar-refractivity contribution in [1.82, 2.24) is 10.3 Å². The lowest BCUT2D eigenvalue weighted by Gasteiger charge is -2.12. The standard InChI is InChI=1S/C18H22N2O3S/c1-3-5-15(18(22)23)20-16(21)10-14-11-24-17(19-14)13-8-6-12(4-2)7-9-13/h6-9,11,15H,3-5,10H2,1-2H3,(H,20,21)(H,22,23). The number of hydrogen-bond acceptors (Lipinski definition) is 4. The minimum absolute atomic E-state index is 0.0943. The van der Waals surface area contributed by atoms with E-state index in [1.165, 1.54) is 16.9 Å². The molecule has 1 aromatic heterocycles. The van der Waals surface area contributed by atoms with Gasteiger partial charge in [-0.2, -0.15) is 0 Å². The van der Waals surface area contributed by atoms with Gasteiger partial charge in [0.1, 0.15) is 11.0 Å². The van der Waals surface area contributed by atoms with E-state index in [4.69, 9.17) is 5.11 Å². The molecule has 0 fully saturated rings. The highest BCUT2D eigenvalue weighted by Crippen LogP contribution is 2.24. The molecule has 0 aliphatic heterocycles. The lowest BCUT2D eigenvalue weighted by Crippen LogP contribution is -2.41. The highest BCUT2D eigenvalue weighted by atomic mass is 32.1. The van der Waals surface area contributed by atoms with Gasteiger partial charge in [0, 0.05) is 10.9 Å². The van der Waals surface area contributed by atoms with Crippen molar-refractivity contribution in [2.24, 2.45) is 0 Å². The maximum Gasteiger partial charge on any atom is 0.326 e. The summed E-state index contributed by atoms with van der Waals surface area (Å²) in [6, 6.07) is 7.38. The van der Waals surface area contributed by atoms with E-state index < -0.39 is 12.0 Å². The Hall–Kier alpha value is -2.21. The van der Waals surface area contributed by atoms with Crippen molar-refractivity contribution < 1.29 is 14.7 Å². The van der Waals surface area contributed by atoms with E-state index in [1.54, 1.807) is 0 Å². The predicted octanol–water partition coefficient (Wildman–Crippen LogP) is 3.28. The monoisotopic (exact) mass is 346 g/mol. The fraction of sp³-hybridized carbons (Fsp3) is 0.389. The maximum atomic E-state index is 12.0. The summed E-state index contributed by atoms with van der Waals surface area (Å²) in [6.07, 6.45) is 2.21. The molecular formula is C18H22N2O3S. The van der Waals surface area contributed by atoms with Gasteiger partial charge in [-0.25, -0.2) is 9.78 Å². The van der Waals surface area contributed by atoms with Gasteiger partial charge in [0.25, 0.3) is 0 Å². The number of carboxylic acids is 1. The molecule has 0 radical (unpaired) electrons. The molecule has 128 valence electrons. The second-order valence-electron chi connectivity index (χ2n) is 5.62. The largest absolute Gasteiger partial charge is 0.480 e. The Kier molecular flexibility index (Phi) is 6.49. The van der Waals surface area contributed by atoms with Gasteiger partial charge in [-0.1, -0.05) is 44.5 Å². The van der Waals surface area contributed by atoms with Crippen molar-refractivity contribution in [2.75, 3.05) is 0 Å². The molecule has 5 nitrogen and oxygen atoms in total. The molecule has 24 heavy (non-hydrogen) atoms. The van der Waals surface area contributed by atoms with Crippen LogP contribution in [0.4, 0.5) is 0 Å². The van der Waals surface area contributed by atoms with Crippen LogP contribution in [0.3, 0.4) is 0 Å². The zero-order valence-corrected chi connectivity index (χ0v) is 14.7. The Bertz CT molecular complexity index is 695. The third-order valence-electron chi connectivity index (χ3n) is 3.71. The van der Waals surface area contributed by atoms with Crippen LogP contribution in [0.2, 0.25) is 0 Å². The zero-order valence-electron chi connectivity index (χ0n) is 13.9. The van der Waals surface area contributed by atoms with Crippen LogP contribution in [0.15, 0.2) is 29.6 Å². The molecule has 0 spiro atoms. The molecule has 2 N–H and O–H groups in total. The number of carbonyl (C=O) groups excluding carboxylic acids is 1. The Morgan fingerprint density at radius 1 is 1.25 bits per heavy atom. The van der Waals surface area contributed by atoms with Crippen LogP contribution in [0.25, 0.3) is 10.6 Å². The molecule has 0 aliphatic rings. The average Bonchev–Trinajstić information content (AvgIpc) is 3.02. The Morgan fingerprint density at radius 3 is 2.54 bits per heavy atom. The van der Waals surface area contributed by atoms with Crippen molar-refractivity contribution in [3.05, 3.63) is 40.9 Å². The number of amides is 1. The summed E-state index contributed by atoms with van der Waals surface area (Å²) in [5.74, 6) is -1.31. The van der Waals surface area contributed by atoms with Crippen molar-refractivity contribution >= 4 is 23.2 Å². The SMILES string of the molecule is CCCC(NC(=O)Cc1csc(-c2ccc(CC)cc2)n1)C(=O)O. The number of nitrogens with zero attached hydrogens (tertiary/aromatic N) is 1. The van der Waals surface area contributed by atoms with Crippen LogP contribution < -0.4 is 5.32 Å². The number of nitrogens with one attached hydrogen (secondary N) is 1. The summed E-state index contributed by atoms with van der Waals surface area (Å²) in [6.45, 7) is 4.00. The summed E-state index contributed by atoms with van der Waals surface area (Å²) >= 11 is 1.49. The van der Waals surface area contributed by atoms with E-state index in [1.807, 2.05) is 24.4 Å². The number of benzene rings is 1. The summed E-state index contributed by atoms with van der Waals surface area (Å²) in [7, 11) is 0. The van der Waals surface area contributed by atoms with Gasteiger partial charge < -0.3 is 10.4 Å². The minimum Gasteiger partial charge on any atom is -0.480 e.